The van der Waals surface area contributed by atoms with Crippen molar-refractivity contribution >= 4 is 11.6 Å². The molecule has 0 spiro atoms. The molecule has 1 aliphatic rings. The molecule has 0 radical (unpaired) electrons. The summed E-state index contributed by atoms with van der Waals surface area (Å²) in [5.74, 6) is -0.321. The largest absolute Gasteiger partial charge is 0.387 e. The van der Waals surface area contributed by atoms with E-state index in [2.05, 4.69) is 5.32 Å². The van der Waals surface area contributed by atoms with Crippen molar-refractivity contribution in [1.29, 1.82) is 0 Å². The Morgan fingerprint density at radius 2 is 1.90 bits per heavy atom. The summed E-state index contributed by atoms with van der Waals surface area (Å²) in [6.45, 7) is 0. The molecule has 3 atom stereocenters. The fourth-order valence-corrected chi connectivity index (χ4v) is 3.03. The zero-order valence-electron chi connectivity index (χ0n) is 11.5. The number of aliphatic hydroxyl groups excluding tert-OH is 1. The van der Waals surface area contributed by atoms with Gasteiger partial charge in [-0.1, -0.05) is 35.9 Å². The number of benzene rings is 2. The van der Waals surface area contributed by atoms with Crippen LogP contribution in [-0.4, -0.2) is 11.1 Å². The molecule has 2 aromatic rings. The lowest BCUT2D eigenvalue weighted by Gasteiger charge is -2.20. The highest BCUT2D eigenvalue weighted by atomic mass is 35.5. The Balaban J connectivity index is 1.70. The molecule has 0 amide bonds. The van der Waals surface area contributed by atoms with Gasteiger partial charge in [-0.05, 0) is 48.2 Å². The van der Waals surface area contributed by atoms with Crippen LogP contribution in [0.25, 0.3) is 0 Å². The van der Waals surface area contributed by atoms with Crippen LogP contribution in [0.4, 0.5) is 4.39 Å². The van der Waals surface area contributed by atoms with E-state index in [4.69, 9.17) is 11.6 Å². The summed E-state index contributed by atoms with van der Waals surface area (Å²) < 4.78 is 13.2. The highest BCUT2D eigenvalue weighted by molar-refractivity contribution is 6.30. The van der Waals surface area contributed by atoms with Gasteiger partial charge in [0.25, 0.3) is 0 Å². The number of halogens is 2. The van der Waals surface area contributed by atoms with Crippen molar-refractivity contribution in [3.05, 3.63) is 70.5 Å². The quantitative estimate of drug-likeness (QED) is 0.898. The molecule has 21 heavy (non-hydrogen) atoms. The van der Waals surface area contributed by atoms with Crippen LogP contribution >= 0.6 is 11.6 Å². The molecule has 2 nitrogen and oxygen atoms in total. The molecule has 110 valence electrons. The number of nitrogens with one attached hydrogen (secondary N) is 1. The summed E-state index contributed by atoms with van der Waals surface area (Å²) >= 11 is 5.90. The van der Waals surface area contributed by atoms with Crippen molar-refractivity contribution in [1.82, 2.24) is 5.32 Å². The topological polar surface area (TPSA) is 32.3 Å². The van der Waals surface area contributed by atoms with E-state index < -0.39 is 6.10 Å². The van der Waals surface area contributed by atoms with Gasteiger partial charge in [0.15, 0.2) is 0 Å². The summed E-state index contributed by atoms with van der Waals surface area (Å²) in [7, 11) is 0. The van der Waals surface area contributed by atoms with Crippen molar-refractivity contribution in [2.45, 2.75) is 31.0 Å². The Hall–Kier alpha value is -1.42. The first-order chi connectivity index (χ1) is 10.1. The van der Waals surface area contributed by atoms with E-state index in [1.54, 1.807) is 12.1 Å². The first-order valence-corrected chi connectivity index (χ1v) is 7.46. The molecule has 1 saturated heterocycles. The van der Waals surface area contributed by atoms with Crippen LogP contribution in [0.3, 0.4) is 0 Å². The van der Waals surface area contributed by atoms with Crippen LogP contribution in [0.1, 0.15) is 36.1 Å². The third-order valence-corrected chi connectivity index (χ3v) is 4.28. The minimum absolute atomic E-state index is 0.0625. The van der Waals surface area contributed by atoms with Gasteiger partial charge in [-0.2, -0.15) is 0 Å². The summed E-state index contributed by atoms with van der Waals surface area (Å²) in [4.78, 5) is 0. The van der Waals surface area contributed by atoms with Crippen LogP contribution in [-0.2, 0) is 0 Å². The maximum Gasteiger partial charge on any atom is 0.123 e. The van der Waals surface area contributed by atoms with E-state index in [-0.39, 0.29) is 17.9 Å². The number of hydrogen-bond acceptors (Lipinski definition) is 2. The van der Waals surface area contributed by atoms with Gasteiger partial charge in [0.2, 0.25) is 0 Å². The molecule has 0 unspecified atom stereocenters. The van der Waals surface area contributed by atoms with Gasteiger partial charge < -0.3 is 10.4 Å². The first-order valence-electron chi connectivity index (χ1n) is 7.08. The fourth-order valence-electron chi connectivity index (χ4n) is 2.90. The molecule has 4 heteroatoms. The zero-order valence-corrected chi connectivity index (χ0v) is 12.2. The van der Waals surface area contributed by atoms with E-state index in [0.717, 1.165) is 18.4 Å². The van der Waals surface area contributed by atoms with Crippen LogP contribution < -0.4 is 5.32 Å². The lowest BCUT2D eigenvalue weighted by atomic mass is 10.0. The molecule has 0 bridgehead atoms. The van der Waals surface area contributed by atoms with Crippen molar-refractivity contribution in [3.63, 3.8) is 0 Å². The Kier molecular flexibility index (Phi) is 4.24. The average molecular weight is 306 g/mol. The summed E-state index contributed by atoms with van der Waals surface area (Å²) in [5.41, 5.74) is 1.78. The van der Waals surface area contributed by atoms with Crippen LogP contribution in [0.2, 0.25) is 5.02 Å². The second-order valence-electron chi connectivity index (χ2n) is 5.45. The van der Waals surface area contributed by atoms with Crippen molar-refractivity contribution < 1.29 is 9.50 Å². The summed E-state index contributed by atoms with van der Waals surface area (Å²) in [6, 6.07) is 14.0. The Morgan fingerprint density at radius 3 is 2.62 bits per heavy atom. The van der Waals surface area contributed by atoms with Gasteiger partial charge >= 0.3 is 0 Å². The molecular formula is C17H17ClFNO. The minimum atomic E-state index is -0.696. The van der Waals surface area contributed by atoms with E-state index in [1.807, 2.05) is 24.3 Å². The number of rotatable bonds is 3. The molecule has 0 aromatic heterocycles. The third kappa shape index (κ3) is 3.26. The summed E-state index contributed by atoms with van der Waals surface area (Å²) in [5, 5.41) is 14.5. The SMILES string of the molecule is O[C@@H](c1cccc(F)c1)[C@H]1CC[C@H](c2ccc(Cl)cc2)N1. The number of hydrogen-bond donors (Lipinski definition) is 2. The monoisotopic (exact) mass is 305 g/mol. The van der Waals surface area contributed by atoms with Gasteiger partial charge in [0.05, 0.1) is 6.10 Å². The predicted molar refractivity (Wildman–Crippen MR) is 81.7 cm³/mol. The smallest absolute Gasteiger partial charge is 0.123 e. The standard InChI is InChI=1S/C17H17ClFNO/c18-13-6-4-11(5-7-13)15-8-9-16(20-15)17(21)12-2-1-3-14(19)10-12/h1-7,10,15-17,20-21H,8-9H2/t15-,16-,17+/m1/s1. The van der Waals surface area contributed by atoms with Gasteiger partial charge in [0.1, 0.15) is 5.82 Å². The van der Waals surface area contributed by atoms with E-state index in [9.17, 15) is 9.50 Å². The molecule has 0 aliphatic carbocycles. The Morgan fingerprint density at radius 1 is 1.14 bits per heavy atom. The number of aliphatic hydroxyl groups is 1. The van der Waals surface area contributed by atoms with Gasteiger partial charge in [-0.25, -0.2) is 4.39 Å². The zero-order chi connectivity index (χ0) is 14.8. The molecular weight excluding hydrogens is 289 g/mol. The highest BCUT2D eigenvalue weighted by Crippen LogP contribution is 2.32. The molecule has 1 fully saturated rings. The molecule has 1 heterocycles. The van der Waals surface area contributed by atoms with Crippen LogP contribution in [0, 0.1) is 5.82 Å². The van der Waals surface area contributed by atoms with E-state index in [0.29, 0.717) is 10.6 Å². The lowest BCUT2D eigenvalue weighted by molar-refractivity contribution is 0.135. The third-order valence-electron chi connectivity index (χ3n) is 4.03. The second-order valence-corrected chi connectivity index (χ2v) is 5.89. The van der Waals surface area contributed by atoms with E-state index in [1.165, 1.54) is 12.1 Å². The maximum atomic E-state index is 13.2. The van der Waals surface area contributed by atoms with E-state index >= 15 is 0 Å². The molecule has 0 saturated carbocycles. The summed E-state index contributed by atoms with van der Waals surface area (Å²) in [6.07, 6.45) is 1.10. The fraction of sp³-hybridized carbons (Fsp3) is 0.294. The Bertz CT molecular complexity index is 616. The normalized spacial score (nSPS) is 23.2. The van der Waals surface area contributed by atoms with Crippen LogP contribution in [0.15, 0.2) is 48.5 Å². The molecule has 2 N–H and O–H groups in total. The van der Waals surface area contributed by atoms with Gasteiger partial charge in [0, 0.05) is 17.1 Å². The molecule has 2 aromatic carbocycles. The maximum absolute atomic E-state index is 13.2. The van der Waals surface area contributed by atoms with Crippen molar-refractivity contribution in [2.24, 2.45) is 0 Å². The highest BCUT2D eigenvalue weighted by Gasteiger charge is 2.30. The van der Waals surface area contributed by atoms with Gasteiger partial charge in [-0.3, -0.25) is 0 Å². The lowest BCUT2D eigenvalue weighted by Crippen LogP contribution is -2.30. The minimum Gasteiger partial charge on any atom is -0.387 e. The van der Waals surface area contributed by atoms with Crippen molar-refractivity contribution in [3.8, 4) is 0 Å². The second kappa shape index (κ2) is 6.14. The first kappa shape index (κ1) is 14.5. The predicted octanol–water partition coefficient (Wildman–Crippen LogP) is 4.01. The molecule has 3 rings (SSSR count). The Labute approximate surface area is 128 Å². The average Bonchev–Trinajstić information content (AvgIpc) is 2.97. The molecule has 1 aliphatic heterocycles. The van der Waals surface area contributed by atoms with Gasteiger partial charge in [-0.15, -0.1) is 0 Å². The van der Waals surface area contributed by atoms with Crippen molar-refractivity contribution in [2.75, 3.05) is 0 Å². The van der Waals surface area contributed by atoms with Crippen LogP contribution in [0.5, 0.6) is 0 Å².